The molecule has 0 aromatic heterocycles. The Balaban J connectivity index is 1.62. The molecule has 0 atom stereocenters. The Hall–Kier alpha value is -4.92. The summed E-state index contributed by atoms with van der Waals surface area (Å²) in [6.07, 6.45) is 3.66. The van der Waals surface area contributed by atoms with Crippen molar-refractivity contribution in [3.63, 3.8) is 0 Å². The predicted octanol–water partition coefficient (Wildman–Crippen LogP) is 4.37. The number of anilines is 1. The molecule has 182 valence electrons. The van der Waals surface area contributed by atoms with Crippen LogP contribution in [0.1, 0.15) is 16.7 Å². The van der Waals surface area contributed by atoms with Crippen LogP contribution in [0.4, 0.5) is 11.4 Å². The highest BCUT2D eigenvalue weighted by Gasteiger charge is 2.34. The van der Waals surface area contributed by atoms with Crippen molar-refractivity contribution in [2.75, 3.05) is 12.1 Å². The number of nitro benzene ring substituents is 1. The number of amides is 2. The van der Waals surface area contributed by atoms with Crippen LogP contribution in [0.3, 0.4) is 0 Å². The van der Waals surface area contributed by atoms with Crippen LogP contribution in [0.25, 0.3) is 6.08 Å². The van der Waals surface area contributed by atoms with Crippen molar-refractivity contribution in [1.82, 2.24) is 5.43 Å². The first-order valence-electron chi connectivity index (χ1n) is 11.0. The number of nitrogens with one attached hydrogen (secondary N) is 1. The Labute approximate surface area is 207 Å². The largest absolute Gasteiger partial charge is 0.493 e. The lowest BCUT2D eigenvalue weighted by atomic mass is 10.0. The molecule has 0 aliphatic carbocycles. The molecule has 1 aliphatic rings. The first-order valence-corrected chi connectivity index (χ1v) is 11.0. The lowest BCUT2D eigenvalue weighted by Crippen LogP contribution is -2.35. The number of non-ortho nitro benzene ring substituents is 1. The third-order valence-electron chi connectivity index (χ3n) is 5.49. The van der Waals surface area contributed by atoms with Gasteiger partial charge in [0.2, 0.25) is 0 Å². The zero-order chi connectivity index (χ0) is 25.7. The Bertz CT molecular complexity index is 1350. The summed E-state index contributed by atoms with van der Waals surface area (Å²) in [5, 5.41) is 12.1. The van der Waals surface area contributed by atoms with Crippen LogP contribution in [-0.4, -0.2) is 23.8 Å². The van der Waals surface area contributed by atoms with E-state index in [1.807, 2.05) is 6.07 Å². The van der Waals surface area contributed by atoms with E-state index in [0.29, 0.717) is 29.2 Å². The van der Waals surface area contributed by atoms with E-state index in [2.05, 4.69) is 12.0 Å². The number of hydrogen-bond acceptors (Lipinski definition) is 6. The number of hydrazine groups is 1. The van der Waals surface area contributed by atoms with Gasteiger partial charge in [-0.1, -0.05) is 24.3 Å². The molecule has 1 aliphatic heterocycles. The Morgan fingerprint density at radius 3 is 2.44 bits per heavy atom. The summed E-state index contributed by atoms with van der Waals surface area (Å²) in [6.45, 7) is 3.96. The standard InChI is InChI=1S/C27H23N3O6/c1-3-7-20-14-19(15-23-26(31)28-29(27(23)32)21-8-5-4-6-9-21)16-24(35-2)25(20)36-17-18-10-12-22(13-11-18)30(33)34/h3-6,8-16H,1,7,17H2,2H3,(H,28,31). The highest BCUT2D eigenvalue weighted by molar-refractivity contribution is 6.31. The Morgan fingerprint density at radius 1 is 1.08 bits per heavy atom. The quantitative estimate of drug-likeness (QED) is 0.158. The summed E-state index contributed by atoms with van der Waals surface area (Å²) in [6, 6.07) is 18.4. The van der Waals surface area contributed by atoms with Crippen LogP contribution in [0.15, 0.2) is 85.0 Å². The maximum Gasteiger partial charge on any atom is 0.282 e. The highest BCUT2D eigenvalue weighted by Crippen LogP contribution is 2.35. The van der Waals surface area contributed by atoms with Gasteiger partial charge in [0.15, 0.2) is 11.5 Å². The molecular weight excluding hydrogens is 462 g/mol. The van der Waals surface area contributed by atoms with Crippen molar-refractivity contribution in [3.05, 3.63) is 112 Å². The molecule has 0 unspecified atom stereocenters. The number of nitrogens with zero attached hydrogens (tertiary/aromatic N) is 2. The number of hydrogen-bond donors (Lipinski definition) is 1. The highest BCUT2D eigenvalue weighted by atomic mass is 16.6. The smallest absolute Gasteiger partial charge is 0.282 e. The number of carbonyl (C=O) groups excluding carboxylic acids is 2. The van der Waals surface area contributed by atoms with Crippen LogP contribution in [0.5, 0.6) is 11.5 Å². The Morgan fingerprint density at radius 2 is 1.81 bits per heavy atom. The minimum Gasteiger partial charge on any atom is -0.493 e. The van der Waals surface area contributed by atoms with Gasteiger partial charge in [-0.25, -0.2) is 5.01 Å². The van der Waals surface area contributed by atoms with Crippen molar-refractivity contribution in [1.29, 1.82) is 0 Å². The third-order valence-corrected chi connectivity index (χ3v) is 5.49. The topological polar surface area (TPSA) is 111 Å². The van der Waals surface area contributed by atoms with E-state index in [1.54, 1.807) is 54.6 Å². The van der Waals surface area contributed by atoms with Crippen LogP contribution in [-0.2, 0) is 22.6 Å². The first kappa shape index (κ1) is 24.2. The molecule has 9 heteroatoms. The van der Waals surface area contributed by atoms with Gasteiger partial charge < -0.3 is 9.47 Å². The number of nitro groups is 1. The maximum atomic E-state index is 12.9. The maximum absolute atomic E-state index is 12.9. The number of allylic oxidation sites excluding steroid dienone is 1. The van der Waals surface area contributed by atoms with Gasteiger partial charge in [-0.15, -0.1) is 6.58 Å². The molecule has 1 fully saturated rings. The van der Waals surface area contributed by atoms with Crippen molar-refractivity contribution in [3.8, 4) is 11.5 Å². The number of rotatable bonds is 9. The van der Waals surface area contributed by atoms with E-state index in [-0.39, 0.29) is 17.9 Å². The summed E-state index contributed by atoms with van der Waals surface area (Å²) in [5.74, 6) is -0.0829. The normalized spacial score (nSPS) is 14.0. The summed E-state index contributed by atoms with van der Waals surface area (Å²) < 4.78 is 11.6. The number of benzene rings is 3. The molecular formula is C27H23N3O6. The molecule has 0 radical (unpaired) electrons. The summed E-state index contributed by atoms with van der Waals surface area (Å²) in [7, 11) is 1.49. The first-order chi connectivity index (χ1) is 17.4. The molecule has 1 saturated heterocycles. The fraction of sp³-hybridized carbons (Fsp3) is 0.111. The van der Waals surface area contributed by atoms with Crippen LogP contribution >= 0.6 is 0 Å². The lowest BCUT2D eigenvalue weighted by Gasteiger charge is -2.16. The summed E-state index contributed by atoms with van der Waals surface area (Å²) in [5.41, 5.74) is 5.19. The average Bonchev–Trinajstić information content (AvgIpc) is 3.17. The lowest BCUT2D eigenvalue weighted by molar-refractivity contribution is -0.384. The van der Waals surface area contributed by atoms with Crippen LogP contribution in [0, 0.1) is 10.1 Å². The predicted molar refractivity (Wildman–Crippen MR) is 134 cm³/mol. The monoisotopic (exact) mass is 485 g/mol. The molecule has 1 N–H and O–H groups in total. The molecule has 0 bridgehead atoms. The van der Waals surface area contributed by atoms with E-state index in [4.69, 9.17) is 9.47 Å². The van der Waals surface area contributed by atoms with Crippen molar-refractivity contribution in [2.45, 2.75) is 13.0 Å². The van der Waals surface area contributed by atoms with E-state index >= 15 is 0 Å². The number of ether oxygens (including phenoxy) is 2. The zero-order valence-electron chi connectivity index (χ0n) is 19.5. The van der Waals surface area contributed by atoms with E-state index in [1.165, 1.54) is 30.3 Å². The van der Waals surface area contributed by atoms with Crippen molar-refractivity contribution < 1.29 is 24.0 Å². The second kappa shape index (κ2) is 10.6. The van der Waals surface area contributed by atoms with Crippen molar-refractivity contribution >= 4 is 29.3 Å². The third kappa shape index (κ3) is 5.10. The van der Waals surface area contributed by atoms with Gasteiger partial charge in [0.05, 0.1) is 17.7 Å². The zero-order valence-corrected chi connectivity index (χ0v) is 19.5. The summed E-state index contributed by atoms with van der Waals surface area (Å²) >= 11 is 0. The van der Waals surface area contributed by atoms with Gasteiger partial charge >= 0.3 is 0 Å². The van der Waals surface area contributed by atoms with Gasteiger partial charge in [0.25, 0.3) is 17.5 Å². The van der Waals surface area contributed by atoms with Crippen LogP contribution < -0.4 is 19.9 Å². The van der Waals surface area contributed by atoms with Gasteiger partial charge in [0, 0.05) is 17.7 Å². The molecule has 1 heterocycles. The molecule has 0 saturated carbocycles. The molecule has 9 nitrogen and oxygen atoms in total. The molecule has 3 aromatic carbocycles. The number of methoxy groups -OCH3 is 1. The number of carbonyl (C=O) groups is 2. The molecule has 2 amide bonds. The number of para-hydroxylation sites is 1. The summed E-state index contributed by atoms with van der Waals surface area (Å²) in [4.78, 5) is 35.9. The Kier molecular flexibility index (Phi) is 7.10. The minimum absolute atomic E-state index is 0.00241. The van der Waals surface area contributed by atoms with Gasteiger partial charge in [-0.05, 0) is 60.0 Å². The molecule has 4 rings (SSSR count). The van der Waals surface area contributed by atoms with E-state index in [9.17, 15) is 19.7 Å². The van der Waals surface area contributed by atoms with E-state index < -0.39 is 16.7 Å². The van der Waals surface area contributed by atoms with Crippen molar-refractivity contribution in [2.24, 2.45) is 0 Å². The second-order valence-electron chi connectivity index (χ2n) is 7.89. The van der Waals surface area contributed by atoms with Crippen LogP contribution in [0.2, 0.25) is 0 Å². The van der Waals surface area contributed by atoms with Gasteiger partial charge in [-0.3, -0.25) is 25.1 Å². The molecule has 0 spiro atoms. The fourth-order valence-corrected chi connectivity index (χ4v) is 3.74. The minimum atomic E-state index is -0.508. The van der Waals surface area contributed by atoms with Gasteiger partial charge in [-0.2, -0.15) is 0 Å². The SMILES string of the molecule is C=CCc1cc(C=C2C(=O)NN(c3ccccc3)C2=O)cc(OC)c1OCc1ccc([N+](=O)[O-])cc1. The molecule has 36 heavy (non-hydrogen) atoms. The van der Waals surface area contributed by atoms with Gasteiger partial charge in [0.1, 0.15) is 12.2 Å². The average molecular weight is 485 g/mol. The molecule has 3 aromatic rings. The second-order valence-corrected chi connectivity index (χ2v) is 7.89. The van der Waals surface area contributed by atoms with E-state index in [0.717, 1.165) is 11.1 Å². The fourth-order valence-electron chi connectivity index (χ4n) is 3.74.